The lowest BCUT2D eigenvalue weighted by Crippen LogP contribution is -2.43. The van der Waals surface area contributed by atoms with Crippen LogP contribution < -0.4 is 4.74 Å². The third kappa shape index (κ3) is 4.43. The first-order valence-corrected chi connectivity index (χ1v) is 10.1. The molecule has 1 aliphatic rings. The van der Waals surface area contributed by atoms with E-state index < -0.39 is 5.97 Å². The van der Waals surface area contributed by atoms with Crippen molar-refractivity contribution in [3.63, 3.8) is 0 Å². The number of rotatable bonds is 6. The van der Waals surface area contributed by atoms with Gasteiger partial charge in [-0.1, -0.05) is 18.2 Å². The fourth-order valence-corrected chi connectivity index (χ4v) is 3.96. The minimum atomic E-state index is -0.687. The van der Waals surface area contributed by atoms with Crippen molar-refractivity contribution in [1.29, 1.82) is 0 Å². The van der Waals surface area contributed by atoms with Gasteiger partial charge in [0.15, 0.2) is 0 Å². The number of aryl methyl sites for hydroxylation is 1. The molecular formula is C23H27N3O3. The smallest absolute Gasteiger partial charge is 0.307 e. The first-order valence-electron chi connectivity index (χ1n) is 10.1. The normalized spacial score (nSPS) is 20.1. The lowest BCUT2D eigenvalue weighted by Gasteiger charge is -2.36. The van der Waals surface area contributed by atoms with Gasteiger partial charge in [-0.2, -0.15) is 0 Å². The maximum atomic E-state index is 11.3. The number of carboxylic acids is 1. The van der Waals surface area contributed by atoms with E-state index in [-0.39, 0.29) is 5.92 Å². The number of pyridine rings is 1. The van der Waals surface area contributed by atoms with Gasteiger partial charge in [-0.05, 0) is 56.0 Å². The highest BCUT2D eigenvalue weighted by molar-refractivity contribution is 5.70. The minimum Gasteiger partial charge on any atom is -0.487 e. The van der Waals surface area contributed by atoms with Gasteiger partial charge >= 0.3 is 5.97 Å². The number of ether oxygens (including phenoxy) is 1. The highest BCUT2D eigenvalue weighted by atomic mass is 16.5. The van der Waals surface area contributed by atoms with E-state index in [1.807, 2.05) is 48.0 Å². The average Bonchev–Trinajstić information content (AvgIpc) is 3.13. The second kappa shape index (κ2) is 8.25. The molecule has 1 fully saturated rings. The zero-order chi connectivity index (χ0) is 20.4. The van der Waals surface area contributed by atoms with Crippen LogP contribution in [0.1, 0.15) is 36.6 Å². The number of piperidine rings is 1. The minimum absolute atomic E-state index is 0.261. The molecule has 29 heavy (non-hydrogen) atoms. The highest BCUT2D eigenvalue weighted by Crippen LogP contribution is 2.24. The van der Waals surface area contributed by atoms with Crippen molar-refractivity contribution in [2.24, 2.45) is 5.92 Å². The van der Waals surface area contributed by atoms with E-state index in [9.17, 15) is 9.90 Å². The standard InChI is InChI=1S/C23H27N3O3/c1-16-4-3-11-25-14-20(24-22(16)25)15-29-21-9-6-18(7-10-21)12-26-13-19(23(27)28)8-5-17(26)2/h3-4,6-7,9-11,14,17,19H,5,8,12-13,15H2,1-2H3,(H,27,28). The summed E-state index contributed by atoms with van der Waals surface area (Å²) in [7, 11) is 0. The van der Waals surface area contributed by atoms with Gasteiger partial charge in [0.25, 0.3) is 0 Å². The molecule has 3 heterocycles. The number of hydrogen-bond donors (Lipinski definition) is 1. The van der Waals surface area contributed by atoms with E-state index in [1.165, 1.54) is 5.56 Å². The van der Waals surface area contributed by atoms with Crippen molar-refractivity contribution in [1.82, 2.24) is 14.3 Å². The van der Waals surface area contributed by atoms with Crippen LogP contribution in [0.3, 0.4) is 0 Å². The van der Waals surface area contributed by atoms with E-state index in [0.29, 0.717) is 19.2 Å². The summed E-state index contributed by atoms with van der Waals surface area (Å²) in [6.45, 7) is 6.02. The van der Waals surface area contributed by atoms with Gasteiger partial charge in [0, 0.05) is 31.5 Å². The van der Waals surface area contributed by atoms with Crippen LogP contribution in [0.4, 0.5) is 0 Å². The van der Waals surface area contributed by atoms with Crippen LogP contribution in [0, 0.1) is 12.8 Å². The summed E-state index contributed by atoms with van der Waals surface area (Å²) in [4.78, 5) is 18.2. The summed E-state index contributed by atoms with van der Waals surface area (Å²) < 4.78 is 7.92. The number of aliphatic carboxylic acids is 1. The molecule has 1 aliphatic heterocycles. The lowest BCUT2D eigenvalue weighted by atomic mass is 9.93. The lowest BCUT2D eigenvalue weighted by molar-refractivity contribution is -0.144. The number of carbonyl (C=O) groups is 1. The van der Waals surface area contributed by atoms with E-state index >= 15 is 0 Å². The van der Waals surface area contributed by atoms with Crippen LogP contribution in [-0.4, -0.2) is 37.9 Å². The molecule has 0 bridgehead atoms. The Bertz CT molecular complexity index is 996. The van der Waals surface area contributed by atoms with Crippen LogP contribution in [0.2, 0.25) is 0 Å². The topological polar surface area (TPSA) is 67.1 Å². The Kier molecular flexibility index (Phi) is 5.53. The summed E-state index contributed by atoms with van der Waals surface area (Å²) in [5, 5.41) is 9.31. The Morgan fingerprint density at radius 1 is 1.24 bits per heavy atom. The summed E-state index contributed by atoms with van der Waals surface area (Å²) in [6, 6.07) is 12.5. The molecular weight excluding hydrogens is 366 g/mol. The highest BCUT2D eigenvalue weighted by Gasteiger charge is 2.29. The molecule has 0 aliphatic carbocycles. The number of hydrogen-bond acceptors (Lipinski definition) is 4. The number of fused-ring (bicyclic) bond motifs is 1. The Balaban J connectivity index is 1.36. The molecule has 1 N–H and O–H groups in total. The molecule has 2 atom stereocenters. The Morgan fingerprint density at radius 2 is 2.03 bits per heavy atom. The van der Waals surface area contributed by atoms with Crippen LogP contribution in [0.5, 0.6) is 5.75 Å². The fourth-order valence-electron chi connectivity index (χ4n) is 3.96. The Morgan fingerprint density at radius 3 is 2.76 bits per heavy atom. The van der Waals surface area contributed by atoms with Gasteiger partial charge in [0.2, 0.25) is 0 Å². The monoisotopic (exact) mass is 393 g/mol. The van der Waals surface area contributed by atoms with Crippen molar-refractivity contribution in [2.75, 3.05) is 6.54 Å². The summed E-state index contributed by atoms with van der Waals surface area (Å²) in [5.41, 5.74) is 4.15. The molecule has 6 heteroatoms. The molecule has 4 rings (SSSR count). The Hall–Kier alpha value is -2.86. The van der Waals surface area contributed by atoms with Crippen LogP contribution in [0.25, 0.3) is 5.65 Å². The average molecular weight is 393 g/mol. The number of nitrogens with zero attached hydrogens (tertiary/aromatic N) is 3. The molecule has 0 saturated carbocycles. The SMILES string of the molecule is Cc1cccn2cc(COc3ccc(CN4CC(C(=O)O)CCC4C)cc3)nc12. The zero-order valence-electron chi connectivity index (χ0n) is 16.9. The molecule has 3 aromatic rings. The number of carboxylic acid groups (broad SMARTS) is 1. The molecule has 0 spiro atoms. The van der Waals surface area contributed by atoms with E-state index in [2.05, 4.69) is 28.9 Å². The molecule has 1 aromatic carbocycles. The zero-order valence-corrected chi connectivity index (χ0v) is 16.9. The van der Waals surface area contributed by atoms with E-state index in [4.69, 9.17) is 4.74 Å². The quantitative estimate of drug-likeness (QED) is 0.688. The second-order valence-electron chi connectivity index (χ2n) is 7.98. The van der Waals surface area contributed by atoms with Crippen LogP contribution in [0.15, 0.2) is 48.8 Å². The van der Waals surface area contributed by atoms with Crippen molar-refractivity contribution in [2.45, 2.75) is 45.9 Å². The molecule has 1 saturated heterocycles. The van der Waals surface area contributed by atoms with Crippen molar-refractivity contribution in [3.8, 4) is 5.75 Å². The van der Waals surface area contributed by atoms with Crippen LogP contribution in [-0.2, 0) is 17.9 Å². The van der Waals surface area contributed by atoms with Crippen molar-refractivity contribution in [3.05, 3.63) is 65.6 Å². The Labute approximate surface area is 170 Å². The largest absolute Gasteiger partial charge is 0.487 e. The second-order valence-corrected chi connectivity index (χ2v) is 7.98. The first kappa shape index (κ1) is 19.5. The van der Waals surface area contributed by atoms with E-state index in [0.717, 1.165) is 42.0 Å². The van der Waals surface area contributed by atoms with Gasteiger partial charge in [0.05, 0.1) is 11.6 Å². The van der Waals surface area contributed by atoms with Crippen molar-refractivity contribution < 1.29 is 14.6 Å². The molecule has 152 valence electrons. The molecule has 2 aromatic heterocycles. The maximum Gasteiger partial charge on any atom is 0.307 e. The molecule has 2 unspecified atom stereocenters. The first-order chi connectivity index (χ1) is 14.0. The predicted molar refractivity (Wildman–Crippen MR) is 111 cm³/mol. The number of likely N-dealkylation sites (tertiary alicyclic amines) is 1. The van der Waals surface area contributed by atoms with Crippen molar-refractivity contribution >= 4 is 11.6 Å². The fraction of sp³-hybridized carbons (Fsp3) is 0.391. The van der Waals surface area contributed by atoms with Gasteiger partial charge in [-0.3, -0.25) is 9.69 Å². The van der Waals surface area contributed by atoms with Gasteiger partial charge in [-0.15, -0.1) is 0 Å². The summed E-state index contributed by atoms with van der Waals surface area (Å²) in [5.74, 6) is -0.145. The van der Waals surface area contributed by atoms with Gasteiger partial charge in [-0.25, -0.2) is 4.98 Å². The van der Waals surface area contributed by atoms with Gasteiger partial charge < -0.3 is 14.2 Å². The third-order valence-corrected chi connectivity index (χ3v) is 5.78. The van der Waals surface area contributed by atoms with Crippen LogP contribution >= 0.6 is 0 Å². The molecule has 0 radical (unpaired) electrons. The number of imidazole rings is 1. The third-order valence-electron chi connectivity index (χ3n) is 5.78. The predicted octanol–water partition coefficient (Wildman–Crippen LogP) is 3.91. The summed E-state index contributed by atoms with van der Waals surface area (Å²) >= 11 is 0. The molecule has 0 amide bonds. The molecule has 6 nitrogen and oxygen atoms in total. The number of benzene rings is 1. The summed E-state index contributed by atoms with van der Waals surface area (Å²) in [6.07, 6.45) is 5.68. The number of aromatic nitrogens is 2. The van der Waals surface area contributed by atoms with Gasteiger partial charge in [0.1, 0.15) is 18.0 Å². The maximum absolute atomic E-state index is 11.3. The van der Waals surface area contributed by atoms with E-state index in [1.54, 1.807) is 0 Å².